The SMILES string of the molecule is c1ccc2c(Cc3nn4c(CN5CCCCC5)nnc4s3)cccc2c1. The molecule has 6 heteroatoms. The van der Waals surface area contributed by atoms with Crippen LogP contribution < -0.4 is 0 Å². The van der Waals surface area contributed by atoms with E-state index in [-0.39, 0.29) is 0 Å². The lowest BCUT2D eigenvalue weighted by Gasteiger charge is -2.25. The van der Waals surface area contributed by atoms with Gasteiger partial charge in [0.15, 0.2) is 5.82 Å². The third-order valence-electron chi connectivity index (χ3n) is 5.13. The van der Waals surface area contributed by atoms with Crippen molar-refractivity contribution in [2.75, 3.05) is 13.1 Å². The number of benzene rings is 2. The number of likely N-dealkylation sites (tertiary alicyclic amines) is 1. The lowest BCUT2D eigenvalue weighted by atomic mass is 10.0. The van der Waals surface area contributed by atoms with Crippen molar-refractivity contribution in [1.82, 2.24) is 24.7 Å². The molecule has 0 spiro atoms. The van der Waals surface area contributed by atoms with Crippen LogP contribution in [-0.2, 0) is 13.0 Å². The highest BCUT2D eigenvalue weighted by atomic mass is 32.1. The fourth-order valence-corrected chi connectivity index (χ4v) is 4.67. The quantitative estimate of drug-likeness (QED) is 0.551. The zero-order valence-electron chi connectivity index (χ0n) is 14.6. The van der Waals surface area contributed by atoms with Gasteiger partial charge < -0.3 is 0 Å². The highest BCUT2D eigenvalue weighted by Crippen LogP contribution is 2.24. The standard InChI is InChI=1S/C20H21N5S/c1-4-11-24(12-5-1)14-18-21-22-20-25(18)23-19(26-20)13-16-9-6-8-15-7-2-3-10-17(15)16/h2-3,6-10H,1,4-5,11-14H2. The summed E-state index contributed by atoms with van der Waals surface area (Å²) in [7, 11) is 0. The molecule has 0 saturated carbocycles. The molecule has 5 nitrogen and oxygen atoms in total. The van der Waals surface area contributed by atoms with Crippen molar-refractivity contribution >= 4 is 27.1 Å². The molecule has 1 aliphatic heterocycles. The van der Waals surface area contributed by atoms with Crippen LogP contribution >= 0.6 is 11.3 Å². The lowest BCUT2D eigenvalue weighted by molar-refractivity contribution is 0.214. The Bertz CT molecular complexity index is 1040. The van der Waals surface area contributed by atoms with Crippen molar-refractivity contribution in [2.45, 2.75) is 32.2 Å². The zero-order valence-corrected chi connectivity index (χ0v) is 15.5. The van der Waals surface area contributed by atoms with Crippen molar-refractivity contribution in [1.29, 1.82) is 0 Å². The van der Waals surface area contributed by atoms with Crippen LogP contribution in [0.2, 0.25) is 0 Å². The van der Waals surface area contributed by atoms with Crippen molar-refractivity contribution in [3.8, 4) is 0 Å². The van der Waals surface area contributed by atoms with E-state index >= 15 is 0 Å². The third-order valence-corrected chi connectivity index (χ3v) is 6.03. The Labute approximate surface area is 156 Å². The third kappa shape index (κ3) is 2.99. The van der Waals surface area contributed by atoms with Crippen LogP contribution in [0.4, 0.5) is 0 Å². The summed E-state index contributed by atoms with van der Waals surface area (Å²) in [5.74, 6) is 0.960. The van der Waals surface area contributed by atoms with E-state index < -0.39 is 0 Å². The summed E-state index contributed by atoms with van der Waals surface area (Å²) in [6.07, 6.45) is 4.74. The van der Waals surface area contributed by atoms with Crippen molar-refractivity contribution < 1.29 is 0 Å². The molecule has 1 fully saturated rings. The topological polar surface area (TPSA) is 46.3 Å². The van der Waals surface area contributed by atoms with Gasteiger partial charge in [0, 0.05) is 6.42 Å². The van der Waals surface area contributed by atoms with E-state index in [9.17, 15) is 0 Å². The van der Waals surface area contributed by atoms with Crippen molar-refractivity contribution in [3.05, 3.63) is 58.9 Å². The molecule has 0 atom stereocenters. The molecule has 0 bridgehead atoms. The van der Waals surface area contributed by atoms with Gasteiger partial charge in [0.1, 0.15) is 5.01 Å². The minimum absolute atomic E-state index is 0.832. The Kier molecular flexibility index (Phi) is 4.15. The molecule has 0 aliphatic carbocycles. The fourth-order valence-electron chi connectivity index (χ4n) is 3.79. The van der Waals surface area contributed by atoms with Crippen molar-refractivity contribution in [3.63, 3.8) is 0 Å². The van der Waals surface area contributed by atoms with Gasteiger partial charge in [-0.05, 0) is 42.3 Å². The van der Waals surface area contributed by atoms with E-state index in [1.165, 1.54) is 35.6 Å². The summed E-state index contributed by atoms with van der Waals surface area (Å²) in [5.41, 5.74) is 1.31. The van der Waals surface area contributed by atoms with Gasteiger partial charge in [-0.1, -0.05) is 60.2 Å². The molecule has 1 aliphatic rings. The summed E-state index contributed by atoms with van der Waals surface area (Å²) in [5, 5.41) is 17.2. The Balaban J connectivity index is 1.43. The molecule has 0 N–H and O–H groups in total. The average molecular weight is 363 g/mol. The van der Waals surface area contributed by atoms with E-state index in [2.05, 4.69) is 57.6 Å². The first-order valence-corrected chi connectivity index (χ1v) is 10.1. The van der Waals surface area contributed by atoms with Gasteiger partial charge in [-0.2, -0.15) is 9.61 Å². The minimum Gasteiger partial charge on any atom is -0.296 e. The lowest BCUT2D eigenvalue weighted by Crippen LogP contribution is -2.30. The maximum absolute atomic E-state index is 4.82. The number of nitrogens with zero attached hydrogens (tertiary/aromatic N) is 5. The van der Waals surface area contributed by atoms with Crippen LogP contribution in [0.1, 0.15) is 35.7 Å². The van der Waals surface area contributed by atoms with Gasteiger partial charge in [-0.25, -0.2) is 0 Å². The van der Waals surface area contributed by atoms with Gasteiger partial charge >= 0.3 is 0 Å². The summed E-state index contributed by atoms with van der Waals surface area (Å²) in [4.78, 5) is 3.36. The van der Waals surface area contributed by atoms with Crippen LogP contribution in [-0.4, -0.2) is 37.8 Å². The van der Waals surface area contributed by atoms with Gasteiger partial charge in [-0.15, -0.1) is 10.2 Å². The molecular weight excluding hydrogens is 342 g/mol. The highest BCUT2D eigenvalue weighted by molar-refractivity contribution is 7.16. The Morgan fingerprint density at radius 1 is 0.923 bits per heavy atom. The number of hydrogen-bond donors (Lipinski definition) is 0. The first kappa shape index (κ1) is 15.9. The molecule has 2 aromatic heterocycles. The maximum Gasteiger partial charge on any atom is 0.234 e. The van der Waals surface area contributed by atoms with E-state index in [1.54, 1.807) is 11.3 Å². The Morgan fingerprint density at radius 2 is 1.77 bits per heavy atom. The van der Waals surface area contributed by atoms with E-state index in [0.717, 1.165) is 41.8 Å². The summed E-state index contributed by atoms with van der Waals surface area (Å²) >= 11 is 1.64. The van der Waals surface area contributed by atoms with Crippen molar-refractivity contribution in [2.24, 2.45) is 0 Å². The largest absolute Gasteiger partial charge is 0.296 e. The van der Waals surface area contributed by atoms with Crippen LogP contribution in [0.5, 0.6) is 0 Å². The molecule has 1 saturated heterocycles. The molecule has 0 radical (unpaired) electrons. The second kappa shape index (κ2) is 6.78. The second-order valence-corrected chi connectivity index (χ2v) is 8.00. The summed E-state index contributed by atoms with van der Waals surface area (Å²) in [6, 6.07) is 15.0. The van der Waals surface area contributed by atoms with Gasteiger partial charge in [-0.3, -0.25) is 4.90 Å². The number of fused-ring (bicyclic) bond motifs is 2. The van der Waals surface area contributed by atoms with E-state index in [1.807, 2.05) is 4.52 Å². The predicted molar refractivity (Wildman–Crippen MR) is 105 cm³/mol. The minimum atomic E-state index is 0.832. The monoisotopic (exact) mass is 363 g/mol. The average Bonchev–Trinajstić information content (AvgIpc) is 3.24. The van der Waals surface area contributed by atoms with Crippen LogP contribution in [0.25, 0.3) is 15.7 Å². The number of piperidine rings is 1. The van der Waals surface area contributed by atoms with Gasteiger partial charge in [0.25, 0.3) is 0 Å². The maximum atomic E-state index is 4.82. The molecule has 132 valence electrons. The Morgan fingerprint density at radius 3 is 2.69 bits per heavy atom. The van der Waals surface area contributed by atoms with E-state index in [4.69, 9.17) is 5.10 Å². The van der Waals surface area contributed by atoms with Crippen LogP contribution in [0.15, 0.2) is 42.5 Å². The zero-order chi connectivity index (χ0) is 17.3. The first-order chi connectivity index (χ1) is 12.9. The first-order valence-electron chi connectivity index (χ1n) is 9.26. The second-order valence-electron chi connectivity index (χ2n) is 6.96. The molecule has 3 heterocycles. The predicted octanol–water partition coefficient (Wildman–Crippen LogP) is 3.92. The van der Waals surface area contributed by atoms with E-state index in [0.29, 0.717) is 0 Å². The Hall–Kier alpha value is -2.31. The number of aromatic nitrogens is 4. The molecule has 0 unspecified atom stereocenters. The normalized spacial score (nSPS) is 15.8. The summed E-state index contributed by atoms with van der Waals surface area (Å²) < 4.78 is 1.94. The molecule has 5 rings (SSSR count). The summed E-state index contributed by atoms with van der Waals surface area (Å²) in [6.45, 7) is 3.16. The highest BCUT2D eigenvalue weighted by Gasteiger charge is 2.17. The number of hydrogen-bond acceptors (Lipinski definition) is 5. The number of rotatable bonds is 4. The fraction of sp³-hybridized carbons (Fsp3) is 0.350. The molecule has 0 amide bonds. The van der Waals surface area contributed by atoms with Gasteiger partial charge in [0.2, 0.25) is 4.96 Å². The van der Waals surface area contributed by atoms with Crippen LogP contribution in [0, 0.1) is 0 Å². The van der Waals surface area contributed by atoms with Gasteiger partial charge in [0.05, 0.1) is 6.54 Å². The van der Waals surface area contributed by atoms with Crippen LogP contribution in [0.3, 0.4) is 0 Å². The smallest absolute Gasteiger partial charge is 0.234 e. The molecular formula is C20H21N5S. The molecule has 2 aromatic carbocycles. The molecule has 26 heavy (non-hydrogen) atoms. The molecule has 4 aromatic rings.